The molecular weight excluding hydrogens is 192 g/mol. The molecule has 1 aliphatic heterocycles. The Bertz CT molecular complexity index is 350. The summed E-state index contributed by atoms with van der Waals surface area (Å²) in [5.41, 5.74) is -0.821. The summed E-state index contributed by atoms with van der Waals surface area (Å²) in [5.74, 6) is -0.581. The lowest BCUT2D eigenvalue weighted by atomic mass is 9.97. The molecule has 80 valence electrons. The lowest BCUT2D eigenvalue weighted by Gasteiger charge is -2.30. The summed E-state index contributed by atoms with van der Waals surface area (Å²) in [6, 6.07) is 2.18. The molecule has 2 fully saturated rings. The van der Waals surface area contributed by atoms with Gasteiger partial charge in [-0.1, -0.05) is 6.92 Å². The molecule has 0 N–H and O–H groups in total. The molecule has 0 aromatic heterocycles. The summed E-state index contributed by atoms with van der Waals surface area (Å²) in [4.78, 5) is 24.8. The van der Waals surface area contributed by atoms with E-state index in [1.807, 2.05) is 0 Å². The van der Waals surface area contributed by atoms with E-state index in [1.165, 1.54) is 4.90 Å². The topological polar surface area (TPSA) is 61.2 Å². The first-order chi connectivity index (χ1) is 7.10. The zero-order chi connectivity index (χ0) is 11.1. The Hall–Kier alpha value is -1.37. The predicted octanol–water partition coefficient (Wildman–Crippen LogP) is 1.22. The van der Waals surface area contributed by atoms with Crippen molar-refractivity contribution in [3.8, 4) is 6.07 Å². The fourth-order valence-corrected chi connectivity index (χ4v) is 2.58. The molecule has 1 saturated heterocycles. The third-order valence-electron chi connectivity index (χ3n) is 3.44. The van der Waals surface area contributed by atoms with Gasteiger partial charge in [0.25, 0.3) is 0 Å². The minimum absolute atomic E-state index is 0.163. The van der Waals surface area contributed by atoms with Crippen molar-refractivity contribution < 1.29 is 9.59 Å². The molecule has 1 aliphatic carbocycles. The summed E-state index contributed by atoms with van der Waals surface area (Å²) in [5, 5.41) is 9.20. The van der Waals surface area contributed by atoms with Gasteiger partial charge >= 0.3 is 0 Å². The molecule has 4 heteroatoms. The van der Waals surface area contributed by atoms with E-state index in [2.05, 4.69) is 6.07 Å². The molecule has 1 saturated carbocycles. The SMILES string of the molecule is CC1CC(=O)N(C2(C#N)CCCC2)C1=O. The molecule has 0 bridgehead atoms. The van der Waals surface area contributed by atoms with Gasteiger partial charge in [-0.3, -0.25) is 14.5 Å². The molecular formula is C11H14N2O2. The van der Waals surface area contributed by atoms with E-state index >= 15 is 0 Å². The molecule has 2 amide bonds. The Labute approximate surface area is 88.9 Å². The number of likely N-dealkylation sites (tertiary alicyclic amines) is 1. The Morgan fingerprint density at radius 1 is 1.40 bits per heavy atom. The van der Waals surface area contributed by atoms with E-state index < -0.39 is 5.54 Å². The molecule has 0 aromatic carbocycles. The lowest BCUT2D eigenvalue weighted by molar-refractivity contribution is -0.144. The second-order valence-corrected chi connectivity index (χ2v) is 4.52. The fourth-order valence-electron chi connectivity index (χ4n) is 2.58. The number of carbonyl (C=O) groups is 2. The molecule has 2 rings (SSSR count). The predicted molar refractivity (Wildman–Crippen MR) is 52.4 cm³/mol. The Morgan fingerprint density at radius 2 is 2.00 bits per heavy atom. The lowest BCUT2D eigenvalue weighted by Crippen LogP contribution is -2.49. The van der Waals surface area contributed by atoms with Crippen LogP contribution in [-0.4, -0.2) is 22.3 Å². The van der Waals surface area contributed by atoms with Gasteiger partial charge < -0.3 is 0 Å². The van der Waals surface area contributed by atoms with Crippen LogP contribution in [0.1, 0.15) is 39.0 Å². The van der Waals surface area contributed by atoms with Crippen LogP contribution < -0.4 is 0 Å². The van der Waals surface area contributed by atoms with E-state index in [0.29, 0.717) is 12.8 Å². The zero-order valence-electron chi connectivity index (χ0n) is 8.82. The van der Waals surface area contributed by atoms with Gasteiger partial charge in [0.2, 0.25) is 11.8 Å². The zero-order valence-corrected chi connectivity index (χ0v) is 8.82. The van der Waals surface area contributed by atoms with E-state index in [9.17, 15) is 14.9 Å². The molecule has 15 heavy (non-hydrogen) atoms. The van der Waals surface area contributed by atoms with Crippen molar-refractivity contribution in [3.05, 3.63) is 0 Å². The summed E-state index contributed by atoms with van der Waals surface area (Å²) in [6.07, 6.45) is 3.42. The number of nitriles is 1. The number of hydrogen-bond donors (Lipinski definition) is 0. The van der Waals surface area contributed by atoms with Crippen molar-refractivity contribution in [1.82, 2.24) is 4.90 Å². The van der Waals surface area contributed by atoms with Crippen LogP contribution in [0.15, 0.2) is 0 Å². The van der Waals surface area contributed by atoms with Crippen LogP contribution in [0.3, 0.4) is 0 Å². The normalized spacial score (nSPS) is 29.6. The summed E-state index contributed by atoms with van der Waals surface area (Å²) < 4.78 is 0. The standard InChI is InChI=1S/C11H14N2O2/c1-8-6-9(14)13(10(8)15)11(7-12)4-2-3-5-11/h8H,2-6H2,1H3. The van der Waals surface area contributed by atoms with Crippen LogP contribution in [0.2, 0.25) is 0 Å². The quantitative estimate of drug-likeness (QED) is 0.606. The average Bonchev–Trinajstić information content (AvgIpc) is 2.75. The number of nitrogens with zero attached hydrogens (tertiary/aromatic N) is 2. The van der Waals surface area contributed by atoms with E-state index in [1.54, 1.807) is 6.92 Å². The van der Waals surface area contributed by atoms with Crippen molar-refractivity contribution in [2.24, 2.45) is 5.92 Å². The maximum absolute atomic E-state index is 11.8. The molecule has 0 aromatic rings. The minimum atomic E-state index is -0.821. The van der Waals surface area contributed by atoms with Crippen molar-refractivity contribution in [1.29, 1.82) is 5.26 Å². The molecule has 1 unspecified atom stereocenters. The first-order valence-corrected chi connectivity index (χ1v) is 5.39. The van der Waals surface area contributed by atoms with Crippen LogP contribution in [0.5, 0.6) is 0 Å². The molecule has 1 atom stereocenters. The highest BCUT2D eigenvalue weighted by atomic mass is 16.2. The first-order valence-electron chi connectivity index (χ1n) is 5.39. The van der Waals surface area contributed by atoms with E-state index in [-0.39, 0.29) is 24.2 Å². The Morgan fingerprint density at radius 3 is 2.40 bits per heavy atom. The highest BCUT2D eigenvalue weighted by molar-refractivity contribution is 6.04. The van der Waals surface area contributed by atoms with Crippen LogP contribution in [0.25, 0.3) is 0 Å². The summed E-state index contributed by atoms with van der Waals surface area (Å²) in [7, 11) is 0. The highest BCUT2D eigenvalue weighted by Crippen LogP contribution is 2.38. The third-order valence-corrected chi connectivity index (χ3v) is 3.44. The van der Waals surface area contributed by atoms with Gasteiger partial charge in [-0.15, -0.1) is 0 Å². The van der Waals surface area contributed by atoms with E-state index in [4.69, 9.17) is 0 Å². The Balaban J connectivity index is 2.33. The minimum Gasteiger partial charge on any atom is -0.274 e. The number of carbonyl (C=O) groups excluding carboxylic acids is 2. The van der Waals surface area contributed by atoms with Gasteiger partial charge in [-0.05, 0) is 25.7 Å². The van der Waals surface area contributed by atoms with Crippen LogP contribution in [0, 0.1) is 17.2 Å². The number of amides is 2. The number of rotatable bonds is 1. The van der Waals surface area contributed by atoms with Crippen LogP contribution in [0.4, 0.5) is 0 Å². The van der Waals surface area contributed by atoms with Crippen LogP contribution >= 0.6 is 0 Å². The van der Waals surface area contributed by atoms with E-state index in [0.717, 1.165) is 12.8 Å². The third kappa shape index (κ3) is 1.34. The number of hydrogen-bond acceptors (Lipinski definition) is 3. The van der Waals surface area contributed by atoms with Crippen molar-refractivity contribution in [2.45, 2.75) is 44.6 Å². The van der Waals surface area contributed by atoms with Crippen molar-refractivity contribution in [2.75, 3.05) is 0 Å². The molecule has 2 aliphatic rings. The second-order valence-electron chi connectivity index (χ2n) is 4.52. The maximum Gasteiger partial charge on any atom is 0.233 e. The van der Waals surface area contributed by atoms with Gasteiger partial charge in [0, 0.05) is 12.3 Å². The largest absolute Gasteiger partial charge is 0.274 e. The average molecular weight is 206 g/mol. The van der Waals surface area contributed by atoms with Crippen molar-refractivity contribution in [3.63, 3.8) is 0 Å². The van der Waals surface area contributed by atoms with Crippen molar-refractivity contribution >= 4 is 11.8 Å². The fraction of sp³-hybridized carbons (Fsp3) is 0.727. The highest BCUT2D eigenvalue weighted by Gasteiger charge is 2.50. The van der Waals surface area contributed by atoms with Crippen LogP contribution in [-0.2, 0) is 9.59 Å². The smallest absolute Gasteiger partial charge is 0.233 e. The first kappa shape index (κ1) is 10.2. The van der Waals surface area contributed by atoms with Gasteiger partial charge in [-0.2, -0.15) is 5.26 Å². The maximum atomic E-state index is 11.8. The summed E-state index contributed by atoms with van der Waals surface area (Å²) in [6.45, 7) is 1.75. The van der Waals surface area contributed by atoms with Gasteiger partial charge in [0.05, 0.1) is 6.07 Å². The van der Waals surface area contributed by atoms with Gasteiger partial charge in [0.15, 0.2) is 0 Å². The monoisotopic (exact) mass is 206 g/mol. The van der Waals surface area contributed by atoms with Gasteiger partial charge in [0.1, 0.15) is 5.54 Å². The molecule has 0 radical (unpaired) electrons. The molecule has 4 nitrogen and oxygen atoms in total. The summed E-state index contributed by atoms with van der Waals surface area (Å²) >= 11 is 0. The molecule has 1 heterocycles. The second kappa shape index (κ2) is 3.34. The number of imide groups is 1. The Kier molecular flexibility index (Phi) is 2.26. The molecule has 0 spiro atoms. The van der Waals surface area contributed by atoms with Gasteiger partial charge in [-0.25, -0.2) is 0 Å².